The Balaban J connectivity index is 1.82. The molecule has 1 aliphatic carbocycles. The molecule has 7 heteroatoms. The molecule has 2 aromatic carbocycles. The Hall–Kier alpha value is -3.22. The molecule has 0 unspecified atom stereocenters. The summed E-state index contributed by atoms with van der Waals surface area (Å²) in [6.07, 6.45) is 2.88. The van der Waals surface area contributed by atoms with Crippen LogP contribution in [0.3, 0.4) is 0 Å². The molecule has 2 N–H and O–H groups in total. The minimum absolute atomic E-state index is 0.0980. The molecule has 0 saturated heterocycles. The van der Waals surface area contributed by atoms with E-state index in [0.29, 0.717) is 18.5 Å². The number of aromatic nitrogens is 3. The Morgan fingerprint density at radius 2 is 1.97 bits per heavy atom. The van der Waals surface area contributed by atoms with Gasteiger partial charge in [-0.3, -0.25) is 9.89 Å². The lowest BCUT2D eigenvalue weighted by molar-refractivity contribution is -0.145. The van der Waals surface area contributed by atoms with Crippen LogP contribution in [0.2, 0.25) is 0 Å². The van der Waals surface area contributed by atoms with Crippen molar-refractivity contribution in [2.45, 2.75) is 38.5 Å². The zero-order chi connectivity index (χ0) is 21.2. The maximum atomic E-state index is 14.1. The molecule has 0 radical (unpaired) electrons. The molecular formula is C23H21F2N3O2. The van der Waals surface area contributed by atoms with Crippen molar-refractivity contribution in [2.24, 2.45) is 5.92 Å². The summed E-state index contributed by atoms with van der Waals surface area (Å²) >= 11 is 0. The van der Waals surface area contributed by atoms with Crippen molar-refractivity contribution in [3.05, 3.63) is 59.4 Å². The topological polar surface area (TPSA) is 70.9 Å². The summed E-state index contributed by atoms with van der Waals surface area (Å²) in [7, 11) is 0. The molecule has 30 heavy (non-hydrogen) atoms. The fourth-order valence-electron chi connectivity index (χ4n) is 4.72. The largest absolute Gasteiger partial charge is 0.481 e. The molecular weight excluding hydrogens is 388 g/mol. The van der Waals surface area contributed by atoms with Crippen molar-refractivity contribution in [2.75, 3.05) is 0 Å². The van der Waals surface area contributed by atoms with Crippen LogP contribution in [0.25, 0.3) is 27.5 Å². The van der Waals surface area contributed by atoms with Gasteiger partial charge in [0.1, 0.15) is 0 Å². The Bertz CT molecular complexity index is 1300. The molecule has 4 aromatic rings. The number of rotatable bonds is 4. The number of nitrogens with one attached hydrogen (secondary N) is 1. The second-order valence-electron chi connectivity index (χ2n) is 8.42. The van der Waals surface area contributed by atoms with Gasteiger partial charge in [0.2, 0.25) is 0 Å². The van der Waals surface area contributed by atoms with Crippen molar-refractivity contribution < 1.29 is 18.7 Å². The first-order valence-corrected chi connectivity index (χ1v) is 10.0. The summed E-state index contributed by atoms with van der Waals surface area (Å²) in [6.45, 7) is 4.13. The first-order valence-electron chi connectivity index (χ1n) is 10.0. The van der Waals surface area contributed by atoms with Gasteiger partial charge in [-0.25, -0.2) is 8.78 Å². The maximum absolute atomic E-state index is 14.1. The van der Waals surface area contributed by atoms with E-state index >= 15 is 0 Å². The average Bonchev–Trinajstić information content (AvgIpc) is 3.23. The molecule has 0 spiro atoms. The van der Waals surface area contributed by atoms with Crippen molar-refractivity contribution in [3.8, 4) is 5.69 Å². The van der Waals surface area contributed by atoms with Gasteiger partial charge in [-0.15, -0.1) is 0 Å². The van der Waals surface area contributed by atoms with Gasteiger partial charge in [-0.1, -0.05) is 13.8 Å². The van der Waals surface area contributed by atoms with Crippen molar-refractivity contribution in [1.29, 1.82) is 0 Å². The van der Waals surface area contributed by atoms with E-state index in [0.717, 1.165) is 39.1 Å². The van der Waals surface area contributed by atoms with Crippen LogP contribution in [0.5, 0.6) is 0 Å². The van der Waals surface area contributed by atoms with Crippen LogP contribution in [-0.2, 0) is 4.79 Å². The zero-order valence-electron chi connectivity index (χ0n) is 16.6. The molecule has 1 saturated carbocycles. The van der Waals surface area contributed by atoms with E-state index in [2.05, 4.69) is 24.0 Å². The minimum atomic E-state index is -0.899. The van der Waals surface area contributed by atoms with Gasteiger partial charge >= 0.3 is 5.97 Å². The predicted molar refractivity (Wildman–Crippen MR) is 110 cm³/mol. The number of benzene rings is 2. The van der Waals surface area contributed by atoms with Gasteiger partial charge in [-0.05, 0) is 54.5 Å². The van der Waals surface area contributed by atoms with Crippen LogP contribution in [0.4, 0.5) is 8.78 Å². The van der Waals surface area contributed by atoms with Crippen LogP contribution in [0.1, 0.15) is 49.8 Å². The lowest BCUT2D eigenvalue weighted by Crippen LogP contribution is -2.29. The van der Waals surface area contributed by atoms with E-state index in [9.17, 15) is 18.7 Å². The summed E-state index contributed by atoms with van der Waals surface area (Å²) in [5, 5.41) is 18.4. The smallest absolute Gasteiger partial charge is 0.306 e. The highest BCUT2D eigenvalue weighted by Gasteiger charge is 2.39. The van der Waals surface area contributed by atoms with Crippen molar-refractivity contribution >= 4 is 27.8 Å². The first-order chi connectivity index (χ1) is 14.3. The molecule has 1 aliphatic rings. The summed E-state index contributed by atoms with van der Waals surface area (Å²) < 4.78 is 29.7. The number of fused-ring (bicyclic) bond motifs is 2. The van der Waals surface area contributed by atoms with Crippen LogP contribution < -0.4 is 0 Å². The molecule has 5 rings (SSSR count). The Morgan fingerprint density at radius 3 is 2.63 bits per heavy atom. The van der Waals surface area contributed by atoms with E-state index in [1.165, 1.54) is 6.07 Å². The maximum Gasteiger partial charge on any atom is 0.306 e. The van der Waals surface area contributed by atoms with E-state index in [4.69, 9.17) is 0 Å². The SMILES string of the molecule is CC(C)c1c([C@H]2C[C@H](C(=O)O)C2)c2cc3[nH]ncc3cc2n1-c1ccc(F)c(F)c1. The second-order valence-corrected chi connectivity index (χ2v) is 8.42. The second kappa shape index (κ2) is 6.65. The molecule has 0 aliphatic heterocycles. The number of aliphatic carboxylic acids is 1. The Morgan fingerprint density at radius 1 is 1.20 bits per heavy atom. The number of hydrogen-bond donors (Lipinski definition) is 2. The highest BCUT2D eigenvalue weighted by atomic mass is 19.2. The van der Waals surface area contributed by atoms with Crippen LogP contribution >= 0.6 is 0 Å². The lowest BCUT2D eigenvalue weighted by atomic mass is 9.70. The van der Waals surface area contributed by atoms with Gasteiger partial charge in [0, 0.05) is 28.2 Å². The summed E-state index contributed by atoms with van der Waals surface area (Å²) in [4.78, 5) is 11.4. The predicted octanol–water partition coefficient (Wildman–Crippen LogP) is 5.49. The third-order valence-electron chi connectivity index (χ3n) is 6.21. The van der Waals surface area contributed by atoms with Crippen LogP contribution in [0.15, 0.2) is 36.5 Å². The van der Waals surface area contributed by atoms with Crippen molar-refractivity contribution in [3.63, 3.8) is 0 Å². The number of carbonyl (C=O) groups is 1. The van der Waals surface area contributed by atoms with E-state index in [1.807, 2.05) is 16.7 Å². The number of carboxylic acids is 1. The van der Waals surface area contributed by atoms with Crippen LogP contribution in [0, 0.1) is 17.6 Å². The molecule has 5 nitrogen and oxygen atoms in total. The normalized spacial score (nSPS) is 19.0. The van der Waals surface area contributed by atoms with Gasteiger partial charge in [-0.2, -0.15) is 5.10 Å². The summed E-state index contributed by atoms with van der Waals surface area (Å²) in [6, 6.07) is 7.96. The molecule has 2 aromatic heterocycles. The highest BCUT2D eigenvalue weighted by Crippen LogP contribution is 2.49. The number of carboxylic acid groups (broad SMARTS) is 1. The Kier molecular flexibility index (Phi) is 4.17. The first kappa shape index (κ1) is 18.8. The molecule has 154 valence electrons. The fraction of sp³-hybridized carbons (Fsp3) is 0.304. The van der Waals surface area contributed by atoms with Crippen molar-refractivity contribution in [1.82, 2.24) is 14.8 Å². The van der Waals surface area contributed by atoms with Gasteiger partial charge in [0.05, 0.1) is 23.1 Å². The van der Waals surface area contributed by atoms with Gasteiger partial charge in [0.15, 0.2) is 11.6 Å². The van der Waals surface area contributed by atoms with Gasteiger partial charge in [0.25, 0.3) is 0 Å². The fourth-order valence-corrected chi connectivity index (χ4v) is 4.72. The number of nitrogens with zero attached hydrogens (tertiary/aromatic N) is 2. The lowest BCUT2D eigenvalue weighted by Gasteiger charge is -2.34. The van der Waals surface area contributed by atoms with E-state index in [1.54, 1.807) is 12.3 Å². The molecule has 1 fully saturated rings. The molecule has 0 bridgehead atoms. The van der Waals surface area contributed by atoms with Crippen LogP contribution in [-0.4, -0.2) is 25.8 Å². The third-order valence-corrected chi connectivity index (χ3v) is 6.21. The quantitative estimate of drug-likeness (QED) is 0.468. The minimum Gasteiger partial charge on any atom is -0.481 e. The summed E-state index contributed by atoms with van der Waals surface area (Å²) in [5.41, 5.74) is 4.41. The summed E-state index contributed by atoms with van der Waals surface area (Å²) in [5.74, 6) is -2.68. The zero-order valence-corrected chi connectivity index (χ0v) is 16.6. The number of hydrogen-bond acceptors (Lipinski definition) is 2. The monoisotopic (exact) mass is 409 g/mol. The molecule has 2 heterocycles. The van der Waals surface area contributed by atoms with Gasteiger partial charge < -0.3 is 9.67 Å². The number of H-pyrrole nitrogens is 1. The standard InChI is InChI=1S/C23H21F2N3O2/c1-11(2)22-21(12-5-13(6-12)23(29)30)16-9-19-14(10-26-27-19)7-20(16)28(22)15-3-4-17(24)18(25)8-15/h3-4,7-13H,5-6H2,1-2H3,(H,26,27)(H,29,30)/t12-,13-. The highest BCUT2D eigenvalue weighted by molar-refractivity contribution is 5.99. The number of aromatic amines is 1. The number of halogens is 2. The average molecular weight is 409 g/mol. The van der Waals surface area contributed by atoms with E-state index < -0.39 is 17.6 Å². The third kappa shape index (κ3) is 2.72. The Labute approximate surface area is 171 Å². The molecule has 0 amide bonds. The van der Waals surface area contributed by atoms with E-state index in [-0.39, 0.29) is 17.8 Å². The molecule has 0 atom stereocenters.